The number of hydrogen-bond donors (Lipinski definition) is 0. The van der Waals surface area contributed by atoms with E-state index in [0.717, 1.165) is 54.2 Å². The van der Waals surface area contributed by atoms with Gasteiger partial charge in [0.2, 0.25) is 0 Å². The fourth-order valence-electron chi connectivity index (χ4n) is 4.84. The van der Waals surface area contributed by atoms with E-state index < -0.39 is 0 Å². The number of benzene rings is 3. The molecule has 0 spiro atoms. The van der Waals surface area contributed by atoms with E-state index in [0.29, 0.717) is 12.5 Å². The monoisotopic (exact) mass is 443 g/mol. The minimum atomic E-state index is -0.207. The van der Waals surface area contributed by atoms with Gasteiger partial charge in [0.25, 0.3) is 0 Å². The molecule has 0 amide bonds. The van der Waals surface area contributed by atoms with Crippen LogP contribution in [0, 0.1) is 11.7 Å². The van der Waals surface area contributed by atoms with Crippen molar-refractivity contribution in [1.82, 2.24) is 14.5 Å². The third-order valence-corrected chi connectivity index (χ3v) is 6.72. The molecular weight excluding hydrogens is 413 g/mol. The minimum Gasteiger partial charge on any atom is -0.497 e. The van der Waals surface area contributed by atoms with Gasteiger partial charge in [0, 0.05) is 25.6 Å². The fraction of sp³-hybridized carbons (Fsp3) is 0.321. The number of hydrogen-bond acceptors (Lipinski definition) is 3. The zero-order valence-corrected chi connectivity index (χ0v) is 19.1. The van der Waals surface area contributed by atoms with Crippen LogP contribution in [0.3, 0.4) is 0 Å². The molecule has 0 radical (unpaired) electrons. The van der Waals surface area contributed by atoms with E-state index in [1.54, 1.807) is 7.11 Å². The number of methoxy groups -OCH3 is 1. The van der Waals surface area contributed by atoms with E-state index in [2.05, 4.69) is 45.9 Å². The van der Waals surface area contributed by atoms with Gasteiger partial charge in [-0.25, -0.2) is 9.37 Å². The average Bonchev–Trinajstić information content (AvgIpc) is 3.18. The molecule has 3 aromatic carbocycles. The standard InChI is InChI=1S/C28H30FN3O/c1-33-25-11-12-27-26(18-25)30-28(32(27)20-23-7-9-24(29)10-8-23)17-21-13-15-31(16-14-21)19-22-5-3-2-4-6-22/h2-12,18,21H,13-17,19-20H2,1H3. The normalized spacial score (nSPS) is 15.2. The van der Waals surface area contributed by atoms with Crippen molar-refractivity contribution >= 4 is 11.0 Å². The Morgan fingerprint density at radius 3 is 2.36 bits per heavy atom. The lowest BCUT2D eigenvalue weighted by Crippen LogP contribution is -2.34. The molecule has 0 atom stereocenters. The molecule has 0 unspecified atom stereocenters. The summed E-state index contributed by atoms with van der Waals surface area (Å²) < 4.78 is 21.1. The topological polar surface area (TPSA) is 30.3 Å². The van der Waals surface area contributed by atoms with Gasteiger partial charge in [-0.2, -0.15) is 0 Å². The Hall–Kier alpha value is -3.18. The second kappa shape index (κ2) is 9.75. The van der Waals surface area contributed by atoms with E-state index >= 15 is 0 Å². The number of ether oxygens (including phenoxy) is 1. The lowest BCUT2D eigenvalue weighted by atomic mass is 9.93. The van der Waals surface area contributed by atoms with E-state index in [4.69, 9.17) is 9.72 Å². The lowest BCUT2D eigenvalue weighted by Gasteiger charge is -2.32. The third-order valence-electron chi connectivity index (χ3n) is 6.72. The maximum Gasteiger partial charge on any atom is 0.123 e. The van der Waals surface area contributed by atoms with Crippen molar-refractivity contribution in [2.75, 3.05) is 20.2 Å². The van der Waals surface area contributed by atoms with E-state index in [-0.39, 0.29) is 5.82 Å². The number of rotatable bonds is 7. The Morgan fingerprint density at radius 1 is 0.909 bits per heavy atom. The first-order valence-corrected chi connectivity index (χ1v) is 11.7. The molecule has 1 saturated heterocycles. The van der Waals surface area contributed by atoms with Crippen LogP contribution in [0.5, 0.6) is 5.75 Å². The number of fused-ring (bicyclic) bond motifs is 1. The fourth-order valence-corrected chi connectivity index (χ4v) is 4.84. The van der Waals surface area contributed by atoms with Gasteiger partial charge in [-0.1, -0.05) is 42.5 Å². The van der Waals surface area contributed by atoms with Crippen LogP contribution in [0.25, 0.3) is 11.0 Å². The first-order valence-electron chi connectivity index (χ1n) is 11.7. The molecule has 0 saturated carbocycles. The maximum atomic E-state index is 13.4. The van der Waals surface area contributed by atoms with Crippen molar-refractivity contribution in [3.63, 3.8) is 0 Å². The smallest absolute Gasteiger partial charge is 0.123 e. The van der Waals surface area contributed by atoms with Crippen molar-refractivity contribution in [3.05, 3.63) is 95.6 Å². The van der Waals surface area contributed by atoms with Crippen LogP contribution < -0.4 is 4.74 Å². The highest BCUT2D eigenvalue weighted by Crippen LogP contribution is 2.27. The Morgan fingerprint density at radius 2 is 1.64 bits per heavy atom. The van der Waals surface area contributed by atoms with Crippen LogP contribution >= 0.6 is 0 Å². The van der Waals surface area contributed by atoms with Crippen LogP contribution in [0.2, 0.25) is 0 Å². The van der Waals surface area contributed by atoms with Gasteiger partial charge >= 0.3 is 0 Å². The number of halogens is 1. The molecule has 170 valence electrons. The summed E-state index contributed by atoms with van der Waals surface area (Å²) in [5, 5.41) is 0. The van der Waals surface area contributed by atoms with Crippen LogP contribution in [-0.2, 0) is 19.5 Å². The molecule has 1 aliphatic heterocycles. The summed E-state index contributed by atoms with van der Waals surface area (Å²) in [6, 6.07) is 23.5. The molecule has 5 heteroatoms. The Labute approximate surface area is 194 Å². The van der Waals surface area contributed by atoms with Gasteiger partial charge in [0.05, 0.1) is 18.1 Å². The van der Waals surface area contributed by atoms with E-state index in [1.807, 2.05) is 24.3 Å². The first-order chi connectivity index (χ1) is 16.2. The van der Waals surface area contributed by atoms with E-state index in [1.165, 1.54) is 30.5 Å². The quantitative estimate of drug-likeness (QED) is 0.368. The van der Waals surface area contributed by atoms with Crippen LogP contribution in [0.1, 0.15) is 29.8 Å². The second-order valence-corrected chi connectivity index (χ2v) is 9.00. The van der Waals surface area contributed by atoms with Crippen molar-refractivity contribution in [2.24, 2.45) is 5.92 Å². The molecule has 1 aliphatic rings. The van der Waals surface area contributed by atoms with Gasteiger partial charge in [0.15, 0.2) is 0 Å². The van der Waals surface area contributed by atoms with Crippen LogP contribution in [0.4, 0.5) is 4.39 Å². The predicted octanol–water partition coefficient (Wildman–Crippen LogP) is 5.69. The highest BCUT2D eigenvalue weighted by molar-refractivity contribution is 5.78. The van der Waals surface area contributed by atoms with E-state index in [9.17, 15) is 4.39 Å². The second-order valence-electron chi connectivity index (χ2n) is 9.00. The van der Waals surface area contributed by atoms with Crippen molar-refractivity contribution < 1.29 is 9.13 Å². The lowest BCUT2D eigenvalue weighted by molar-refractivity contribution is 0.175. The largest absolute Gasteiger partial charge is 0.497 e. The number of likely N-dealkylation sites (tertiary alicyclic amines) is 1. The average molecular weight is 444 g/mol. The number of piperidine rings is 1. The minimum absolute atomic E-state index is 0.207. The summed E-state index contributed by atoms with van der Waals surface area (Å²) in [7, 11) is 1.68. The Balaban J connectivity index is 1.33. The summed E-state index contributed by atoms with van der Waals surface area (Å²) in [6.45, 7) is 3.94. The Bertz CT molecular complexity index is 1200. The number of imidazole rings is 1. The third kappa shape index (κ3) is 5.09. The molecule has 1 fully saturated rings. The molecule has 1 aromatic heterocycles. The summed E-state index contributed by atoms with van der Waals surface area (Å²) in [5.74, 6) is 2.32. The number of aromatic nitrogens is 2. The van der Waals surface area contributed by atoms with Gasteiger partial charge in [-0.3, -0.25) is 4.90 Å². The zero-order chi connectivity index (χ0) is 22.6. The zero-order valence-electron chi connectivity index (χ0n) is 19.1. The first kappa shape index (κ1) is 21.7. The molecule has 4 nitrogen and oxygen atoms in total. The molecule has 33 heavy (non-hydrogen) atoms. The summed E-state index contributed by atoms with van der Waals surface area (Å²) in [6.07, 6.45) is 3.31. The summed E-state index contributed by atoms with van der Waals surface area (Å²) >= 11 is 0. The molecule has 5 rings (SSSR count). The van der Waals surface area contributed by atoms with Crippen LogP contribution in [-0.4, -0.2) is 34.7 Å². The van der Waals surface area contributed by atoms with Crippen molar-refractivity contribution in [3.8, 4) is 5.75 Å². The SMILES string of the molecule is COc1ccc2c(c1)nc(CC1CCN(Cc3ccccc3)CC1)n2Cc1ccc(F)cc1. The molecule has 0 bridgehead atoms. The number of nitrogens with zero attached hydrogens (tertiary/aromatic N) is 3. The predicted molar refractivity (Wildman–Crippen MR) is 130 cm³/mol. The molecule has 4 aromatic rings. The Kier molecular flexibility index (Phi) is 6.40. The maximum absolute atomic E-state index is 13.4. The van der Waals surface area contributed by atoms with Crippen LogP contribution in [0.15, 0.2) is 72.8 Å². The molecular formula is C28H30FN3O. The highest BCUT2D eigenvalue weighted by atomic mass is 19.1. The van der Waals surface area contributed by atoms with Gasteiger partial charge < -0.3 is 9.30 Å². The highest BCUT2D eigenvalue weighted by Gasteiger charge is 2.22. The van der Waals surface area contributed by atoms with Gasteiger partial charge in [0.1, 0.15) is 17.4 Å². The summed E-state index contributed by atoms with van der Waals surface area (Å²) in [5.41, 5.74) is 4.50. The van der Waals surface area contributed by atoms with Crippen molar-refractivity contribution in [1.29, 1.82) is 0 Å². The summed E-state index contributed by atoms with van der Waals surface area (Å²) in [4.78, 5) is 7.56. The van der Waals surface area contributed by atoms with Gasteiger partial charge in [-0.05, 0) is 67.2 Å². The molecule has 0 N–H and O–H groups in total. The van der Waals surface area contributed by atoms with Crippen molar-refractivity contribution in [2.45, 2.75) is 32.4 Å². The molecule has 0 aliphatic carbocycles. The molecule has 2 heterocycles. The van der Waals surface area contributed by atoms with Gasteiger partial charge in [-0.15, -0.1) is 0 Å².